The van der Waals surface area contributed by atoms with E-state index < -0.39 is 5.54 Å². The second-order valence-electron chi connectivity index (χ2n) is 5.67. The van der Waals surface area contributed by atoms with Gasteiger partial charge in [0.15, 0.2) is 5.54 Å². The number of carbonyl (C=O) groups is 2. The number of rotatable bonds is 3. The van der Waals surface area contributed by atoms with Gasteiger partial charge in [0.05, 0.1) is 18.3 Å². The number of imide groups is 1. The van der Waals surface area contributed by atoms with E-state index in [1.165, 1.54) is 4.90 Å². The van der Waals surface area contributed by atoms with Crippen molar-refractivity contribution < 1.29 is 14.3 Å². The lowest BCUT2D eigenvalue weighted by Gasteiger charge is -2.26. The molecule has 1 N–H and O–H groups in total. The lowest BCUT2D eigenvalue weighted by Crippen LogP contribution is -2.43. The third-order valence-corrected chi connectivity index (χ3v) is 4.11. The van der Waals surface area contributed by atoms with E-state index in [4.69, 9.17) is 4.74 Å². The van der Waals surface area contributed by atoms with Crippen molar-refractivity contribution in [1.82, 2.24) is 15.2 Å². The maximum atomic E-state index is 12.7. The highest BCUT2D eigenvalue weighted by Crippen LogP contribution is 2.28. The third kappa shape index (κ3) is 2.51. The van der Waals surface area contributed by atoms with Gasteiger partial charge in [-0.2, -0.15) is 0 Å². The summed E-state index contributed by atoms with van der Waals surface area (Å²) in [5.41, 5.74) is -0.539. The Bertz CT molecular complexity index is 542. The molecule has 6 heteroatoms. The van der Waals surface area contributed by atoms with E-state index in [9.17, 15) is 9.59 Å². The molecule has 1 aromatic heterocycles. The van der Waals surface area contributed by atoms with Gasteiger partial charge in [-0.15, -0.1) is 0 Å². The van der Waals surface area contributed by atoms with E-state index in [1.807, 2.05) is 0 Å². The number of amides is 3. The fraction of sp³-hybridized carbons (Fsp3) is 0.533. The van der Waals surface area contributed by atoms with Crippen LogP contribution in [0.1, 0.15) is 31.9 Å². The number of aromatic nitrogens is 1. The average molecular weight is 289 g/mol. The van der Waals surface area contributed by atoms with Crippen molar-refractivity contribution in [3.8, 4) is 0 Å². The van der Waals surface area contributed by atoms with E-state index in [0.29, 0.717) is 18.8 Å². The highest BCUT2D eigenvalue weighted by Gasteiger charge is 2.50. The number of urea groups is 1. The quantitative estimate of drug-likeness (QED) is 0.854. The molecule has 0 spiro atoms. The van der Waals surface area contributed by atoms with Crippen LogP contribution in [0.15, 0.2) is 24.4 Å². The van der Waals surface area contributed by atoms with Crippen LogP contribution in [0.5, 0.6) is 0 Å². The molecule has 1 aromatic rings. The number of hydrogen-bond acceptors (Lipinski definition) is 4. The van der Waals surface area contributed by atoms with Crippen LogP contribution < -0.4 is 5.32 Å². The van der Waals surface area contributed by atoms with Gasteiger partial charge < -0.3 is 10.1 Å². The molecule has 3 rings (SSSR count). The largest absolute Gasteiger partial charge is 0.376 e. The molecule has 2 aliphatic rings. The highest BCUT2D eigenvalue weighted by atomic mass is 16.5. The molecule has 2 aliphatic heterocycles. The summed E-state index contributed by atoms with van der Waals surface area (Å²) in [5, 5.41) is 2.76. The second kappa shape index (κ2) is 5.44. The summed E-state index contributed by atoms with van der Waals surface area (Å²) in [6.45, 7) is 2.70. The maximum absolute atomic E-state index is 12.7. The van der Waals surface area contributed by atoms with Gasteiger partial charge in [-0.3, -0.25) is 14.7 Å². The minimum Gasteiger partial charge on any atom is -0.376 e. The van der Waals surface area contributed by atoms with Gasteiger partial charge in [-0.25, -0.2) is 4.79 Å². The SMILES string of the molecule is C[C@]1(c2ccccn2)NC(=O)N(C[C@@H]2CCCCO2)C1=O. The van der Waals surface area contributed by atoms with Crippen molar-refractivity contribution in [3.05, 3.63) is 30.1 Å². The van der Waals surface area contributed by atoms with Gasteiger partial charge in [0.25, 0.3) is 5.91 Å². The Labute approximate surface area is 123 Å². The molecule has 21 heavy (non-hydrogen) atoms. The average Bonchev–Trinajstić information content (AvgIpc) is 2.74. The lowest BCUT2D eigenvalue weighted by molar-refractivity contribution is -0.133. The molecule has 2 atom stereocenters. The topological polar surface area (TPSA) is 71.5 Å². The fourth-order valence-corrected chi connectivity index (χ4v) is 2.85. The van der Waals surface area contributed by atoms with E-state index >= 15 is 0 Å². The summed E-state index contributed by atoms with van der Waals surface area (Å²) in [6.07, 6.45) is 4.57. The van der Waals surface area contributed by atoms with Crippen LogP contribution >= 0.6 is 0 Å². The molecule has 112 valence electrons. The molecule has 0 aliphatic carbocycles. The predicted molar refractivity (Wildman–Crippen MR) is 75.4 cm³/mol. The van der Waals surface area contributed by atoms with Crippen LogP contribution in [0, 0.1) is 0 Å². The molecule has 6 nitrogen and oxygen atoms in total. The smallest absolute Gasteiger partial charge is 0.325 e. The van der Waals surface area contributed by atoms with Crippen LogP contribution in [0.3, 0.4) is 0 Å². The molecular weight excluding hydrogens is 270 g/mol. The van der Waals surface area contributed by atoms with Gasteiger partial charge >= 0.3 is 6.03 Å². The summed E-state index contributed by atoms with van der Waals surface area (Å²) in [5.74, 6) is -0.264. The zero-order chi connectivity index (χ0) is 14.9. The van der Waals surface area contributed by atoms with E-state index in [0.717, 1.165) is 19.3 Å². The van der Waals surface area contributed by atoms with Crippen LogP contribution in [-0.2, 0) is 15.1 Å². The fourth-order valence-electron chi connectivity index (χ4n) is 2.85. The van der Waals surface area contributed by atoms with Crippen molar-refractivity contribution in [3.63, 3.8) is 0 Å². The zero-order valence-corrected chi connectivity index (χ0v) is 12.0. The monoisotopic (exact) mass is 289 g/mol. The predicted octanol–water partition coefficient (Wildman–Crippen LogP) is 1.42. The van der Waals surface area contributed by atoms with Crippen molar-refractivity contribution >= 4 is 11.9 Å². The molecule has 2 fully saturated rings. The van der Waals surface area contributed by atoms with Crippen LogP contribution in [-0.4, -0.2) is 41.1 Å². The van der Waals surface area contributed by atoms with Crippen molar-refractivity contribution in [2.24, 2.45) is 0 Å². The van der Waals surface area contributed by atoms with E-state index in [2.05, 4.69) is 10.3 Å². The van der Waals surface area contributed by atoms with Gasteiger partial charge in [0.1, 0.15) is 0 Å². The van der Waals surface area contributed by atoms with Gasteiger partial charge in [-0.1, -0.05) is 6.07 Å². The standard InChI is InChI=1S/C15H19N3O3/c1-15(12-7-2-4-8-16-12)13(19)18(14(20)17-15)10-11-6-3-5-9-21-11/h2,4,7-8,11H,3,5-6,9-10H2,1H3,(H,17,20)/t11-,15+/m0/s1. The van der Waals surface area contributed by atoms with Crippen molar-refractivity contribution in [2.45, 2.75) is 37.8 Å². The molecule has 3 heterocycles. The summed E-state index contributed by atoms with van der Waals surface area (Å²) < 4.78 is 5.62. The Morgan fingerprint density at radius 3 is 2.95 bits per heavy atom. The van der Waals surface area contributed by atoms with Crippen molar-refractivity contribution in [2.75, 3.05) is 13.2 Å². The first kappa shape index (κ1) is 14.0. The zero-order valence-electron chi connectivity index (χ0n) is 12.0. The molecule has 0 bridgehead atoms. The summed E-state index contributed by atoms with van der Waals surface area (Å²) in [4.78, 5) is 30.3. The first-order valence-corrected chi connectivity index (χ1v) is 7.28. The van der Waals surface area contributed by atoms with E-state index in [1.54, 1.807) is 31.3 Å². The number of nitrogens with zero attached hydrogens (tertiary/aromatic N) is 2. The molecule has 0 saturated carbocycles. The Hall–Kier alpha value is -1.95. The summed E-state index contributed by atoms with van der Waals surface area (Å²) in [7, 11) is 0. The number of pyridine rings is 1. The van der Waals surface area contributed by atoms with E-state index in [-0.39, 0.29) is 18.0 Å². The first-order valence-electron chi connectivity index (χ1n) is 7.28. The normalized spacial score (nSPS) is 29.6. The third-order valence-electron chi connectivity index (χ3n) is 4.11. The minimum absolute atomic E-state index is 0.0560. The maximum Gasteiger partial charge on any atom is 0.325 e. The van der Waals surface area contributed by atoms with Gasteiger partial charge in [-0.05, 0) is 38.3 Å². The highest BCUT2D eigenvalue weighted by molar-refractivity contribution is 6.07. The first-order chi connectivity index (χ1) is 10.1. The Morgan fingerprint density at radius 1 is 1.43 bits per heavy atom. The molecule has 3 amide bonds. The minimum atomic E-state index is -1.09. The van der Waals surface area contributed by atoms with Gasteiger partial charge in [0.2, 0.25) is 0 Å². The molecule has 0 unspecified atom stereocenters. The molecule has 0 radical (unpaired) electrons. The number of carbonyl (C=O) groups excluding carboxylic acids is 2. The molecule has 0 aromatic carbocycles. The molecular formula is C15H19N3O3. The Kier molecular flexibility index (Phi) is 3.63. The number of nitrogens with one attached hydrogen (secondary N) is 1. The Balaban J connectivity index is 1.78. The van der Waals surface area contributed by atoms with Crippen LogP contribution in [0.4, 0.5) is 4.79 Å². The lowest BCUT2D eigenvalue weighted by atomic mass is 9.97. The van der Waals surface area contributed by atoms with Crippen molar-refractivity contribution in [1.29, 1.82) is 0 Å². The molecule has 2 saturated heterocycles. The summed E-state index contributed by atoms with van der Waals surface area (Å²) in [6, 6.07) is 4.96. The van der Waals surface area contributed by atoms with Gasteiger partial charge in [0, 0.05) is 12.8 Å². The Morgan fingerprint density at radius 2 is 2.29 bits per heavy atom. The second-order valence-corrected chi connectivity index (χ2v) is 5.67. The number of ether oxygens (including phenoxy) is 1. The van der Waals surface area contributed by atoms with Crippen LogP contribution in [0.2, 0.25) is 0 Å². The van der Waals surface area contributed by atoms with Crippen LogP contribution in [0.25, 0.3) is 0 Å². The number of hydrogen-bond donors (Lipinski definition) is 1. The summed E-state index contributed by atoms with van der Waals surface area (Å²) >= 11 is 0.